The van der Waals surface area contributed by atoms with Crippen LogP contribution in [-0.2, 0) is 24.2 Å². The average Bonchev–Trinajstić information content (AvgIpc) is 3.03. The summed E-state index contributed by atoms with van der Waals surface area (Å²) in [6.45, 7) is 2.45. The summed E-state index contributed by atoms with van der Waals surface area (Å²) in [5.41, 5.74) is 3.82. The fourth-order valence-electron chi connectivity index (χ4n) is 2.82. The van der Waals surface area contributed by atoms with E-state index in [1.54, 1.807) is 6.07 Å². The number of benzene rings is 2. The van der Waals surface area contributed by atoms with Gasteiger partial charge in [-0.15, -0.1) is 0 Å². The summed E-state index contributed by atoms with van der Waals surface area (Å²) >= 11 is 5.74. The normalized spacial score (nSPS) is 11.0. The number of H-pyrrole nitrogens is 1. The minimum Gasteiger partial charge on any atom is -0.352 e. The van der Waals surface area contributed by atoms with Crippen molar-refractivity contribution in [2.24, 2.45) is 0 Å². The second-order valence-corrected chi connectivity index (χ2v) is 6.72. The lowest BCUT2D eigenvalue weighted by molar-refractivity contribution is -0.121. The number of nitrogens with zero attached hydrogens (tertiary/aromatic N) is 1. The van der Waals surface area contributed by atoms with E-state index in [4.69, 9.17) is 11.6 Å². The highest BCUT2D eigenvalue weighted by atomic mass is 35.5. The fraction of sp³-hybridized carbons (Fsp3) is 0.300. The third-order valence-electron chi connectivity index (χ3n) is 4.20. The zero-order valence-corrected chi connectivity index (χ0v) is 15.4. The van der Waals surface area contributed by atoms with E-state index in [0.717, 1.165) is 40.8 Å². The average molecular weight is 374 g/mol. The number of imidazole rings is 1. The molecule has 0 saturated heterocycles. The van der Waals surface area contributed by atoms with Crippen LogP contribution in [-0.4, -0.2) is 15.9 Å². The predicted octanol–water partition coefficient (Wildman–Crippen LogP) is 4.56. The largest absolute Gasteiger partial charge is 0.352 e. The van der Waals surface area contributed by atoms with Crippen LogP contribution in [0.2, 0.25) is 5.02 Å². The number of halogens is 2. The summed E-state index contributed by atoms with van der Waals surface area (Å²) in [6, 6.07) is 10.5. The van der Waals surface area contributed by atoms with Crippen molar-refractivity contribution in [2.45, 2.75) is 39.2 Å². The zero-order chi connectivity index (χ0) is 18.5. The van der Waals surface area contributed by atoms with Crippen molar-refractivity contribution in [3.63, 3.8) is 0 Å². The van der Waals surface area contributed by atoms with Crippen LogP contribution in [0.1, 0.15) is 36.7 Å². The number of aryl methyl sites for hydroxylation is 2. The van der Waals surface area contributed by atoms with Crippen molar-refractivity contribution in [1.29, 1.82) is 0 Å². The lowest BCUT2D eigenvalue weighted by Crippen LogP contribution is -2.23. The van der Waals surface area contributed by atoms with Crippen molar-refractivity contribution in [2.75, 3.05) is 0 Å². The Morgan fingerprint density at radius 3 is 2.77 bits per heavy atom. The molecular weight excluding hydrogens is 353 g/mol. The van der Waals surface area contributed by atoms with E-state index in [2.05, 4.69) is 28.3 Å². The van der Waals surface area contributed by atoms with Gasteiger partial charge in [0.2, 0.25) is 5.91 Å². The summed E-state index contributed by atoms with van der Waals surface area (Å²) in [5, 5.41) is 2.90. The first kappa shape index (κ1) is 18.4. The molecule has 0 saturated carbocycles. The number of rotatable bonds is 7. The quantitative estimate of drug-likeness (QED) is 0.638. The molecule has 3 aromatic rings. The number of nitrogens with one attached hydrogen (secondary N) is 2. The summed E-state index contributed by atoms with van der Waals surface area (Å²) in [4.78, 5) is 19.9. The molecule has 0 aliphatic heterocycles. The second kappa shape index (κ2) is 8.32. The molecule has 0 atom stereocenters. The van der Waals surface area contributed by atoms with Gasteiger partial charge in [0.05, 0.1) is 16.1 Å². The highest BCUT2D eigenvalue weighted by molar-refractivity contribution is 6.30. The SMILES string of the molecule is CCCc1nc2ccc(CCC(=O)NCc3ccc(F)c(Cl)c3)cc2[nH]1. The van der Waals surface area contributed by atoms with E-state index in [1.165, 1.54) is 12.1 Å². The maximum atomic E-state index is 13.1. The molecule has 0 fully saturated rings. The number of aromatic nitrogens is 2. The van der Waals surface area contributed by atoms with Gasteiger partial charge in [0.1, 0.15) is 11.6 Å². The summed E-state index contributed by atoms with van der Waals surface area (Å²) in [6.07, 6.45) is 3.01. The lowest BCUT2D eigenvalue weighted by Gasteiger charge is -2.06. The van der Waals surface area contributed by atoms with Crippen molar-refractivity contribution >= 4 is 28.5 Å². The third kappa shape index (κ3) is 4.61. The second-order valence-electron chi connectivity index (χ2n) is 6.31. The first-order chi connectivity index (χ1) is 12.5. The van der Waals surface area contributed by atoms with Gasteiger partial charge < -0.3 is 10.3 Å². The third-order valence-corrected chi connectivity index (χ3v) is 4.49. The molecule has 26 heavy (non-hydrogen) atoms. The first-order valence-corrected chi connectivity index (χ1v) is 9.11. The Morgan fingerprint density at radius 2 is 2.00 bits per heavy atom. The van der Waals surface area contributed by atoms with Crippen molar-refractivity contribution < 1.29 is 9.18 Å². The Balaban J connectivity index is 1.53. The molecule has 2 aromatic carbocycles. The number of aromatic amines is 1. The number of carbonyl (C=O) groups is 1. The molecule has 4 nitrogen and oxygen atoms in total. The number of fused-ring (bicyclic) bond motifs is 1. The summed E-state index contributed by atoms with van der Waals surface area (Å²) in [7, 11) is 0. The van der Waals surface area contributed by atoms with E-state index in [9.17, 15) is 9.18 Å². The van der Waals surface area contributed by atoms with Crippen molar-refractivity contribution in [3.8, 4) is 0 Å². The van der Waals surface area contributed by atoms with Gasteiger partial charge in [-0.3, -0.25) is 4.79 Å². The Labute approximate surface area is 156 Å². The van der Waals surface area contributed by atoms with Crippen LogP contribution in [0, 0.1) is 5.82 Å². The van der Waals surface area contributed by atoms with Crippen LogP contribution in [0.3, 0.4) is 0 Å². The molecular formula is C20H21ClFN3O. The monoisotopic (exact) mass is 373 g/mol. The van der Waals surface area contributed by atoms with Crippen LogP contribution < -0.4 is 5.32 Å². The van der Waals surface area contributed by atoms with Crippen LogP contribution >= 0.6 is 11.6 Å². The van der Waals surface area contributed by atoms with Crippen molar-refractivity contribution in [3.05, 3.63) is 64.2 Å². The minimum absolute atomic E-state index is 0.0539. The number of carbonyl (C=O) groups excluding carboxylic acids is 1. The van der Waals surface area contributed by atoms with Crippen LogP contribution in [0.25, 0.3) is 11.0 Å². The molecule has 136 valence electrons. The van der Waals surface area contributed by atoms with Gasteiger partial charge in [-0.25, -0.2) is 9.37 Å². The van der Waals surface area contributed by atoms with Gasteiger partial charge in [0, 0.05) is 19.4 Å². The van der Waals surface area contributed by atoms with E-state index in [1.807, 2.05) is 12.1 Å². The standard InChI is InChI=1S/C20H21ClFN3O/c1-2-3-19-24-17-8-5-13(11-18(17)25-19)6-9-20(26)23-12-14-4-7-16(22)15(21)10-14/h4-5,7-8,10-11H,2-3,6,9,12H2,1H3,(H,23,26)(H,24,25). The predicted molar refractivity (Wildman–Crippen MR) is 102 cm³/mol. The molecule has 0 bridgehead atoms. The molecule has 1 heterocycles. The van der Waals surface area contributed by atoms with Crippen molar-refractivity contribution in [1.82, 2.24) is 15.3 Å². The highest BCUT2D eigenvalue weighted by Gasteiger charge is 2.07. The molecule has 1 aromatic heterocycles. The number of hydrogen-bond donors (Lipinski definition) is 2. The molecule has 0 aliphatic rings. The molecule has 6 heteroatoms. The zero-order valence-electron chi connectivity index (χ0n) is 14.6. The summed E-state index contributed by atoms with van der Waals surface area (Å²) < 4.78 is 13.1. The molecule has 0 unspecified atom stereocenters. The highest BCUT2D eigenvalue weighted by Crippen LogP contribution is 2.17. The van der Waals surface area contributed by atoms with E-state index < -0.39 is 5.82 Å². The van der Waals surface area contributed by atoms with Crippen LogP contribution in [0.15, 0.2) is 36.4 Å². The van der Waals surface area contributed by atoms with Gasteiger partial charge in [0.15, 0.2) is 0 Å². The Morgan fingerprint density at radius 1 is 1.19 bits per heavy atom. The molecule has 1 amide bonds. The Hall–Kier alpha value is -2.40. The number of hydrogen-bond acceptors (Lipinski definition) is 2. The van der Waals surface area contributed by atoms with E-state index >= 15 is 0 Å². The van der Waals surface area contributed by atoms with Crippen LogP contribution in [0.4, 0.5) is 4.39 Å². The molecule has 0 spiro atoms. The smallest absolute Gasteiger partial charge is 0.220 e. The van der Waals surface area contributed by atoms with Gasteiger partial charge in [-0.1, -0.05) is 30.7 Å². The fourth-order valence-corrected chi connectivity index (χ4v) is 3.02. The van der Waals surface area contributed by atoms with Crippen LogP contribution in [0.5, 0.6) is 0 Å². The van der Waals surface area contributed by atoms with Gasteiger partial charge in [-0.2, -0.15) is 0 Å². The minimum atomic E-state index is -0.460. The Kier molecular flexibility index (Phi) is 5.89. The van der Waals surface area contributed by atoms with E-state index in [-0.39, 0.29) is 10.9 Å². The van der Waals surface area contributed by atoms with Gasteiger partial charge >= 0.3 is 0 Å². The lowest BCUT2D eigenvalue weighted by atomic mass is 10.1. The Bertz CT molecular complexity index is 923. The summed E-state index contributed by atoms with van der Waals surface area (Å²) in [5.74, 6) is 0.482. The van der Waals surface area contributed by atoms with E-state index in [0.29, 0.717) is 19.4 Å². The molecule has 3 rings (SSSR count). The topological polar surface area (TPSA) is 57.8 Å². The number of amides is 1. The van der Waals surface area contributed by atoms with Gasteiger partial charge in [0.25, 0.3) is 0 Å². The maximum absolute atomic E-state index is 13.1. The first-order valence-electron chi connectivity index (χ1n) is 8.73. The molecule has 0 radical (unpaired) electrons. The van der Waals surface area contributed by atoms with Gasteiger partial charge in [-0.05, 0) is 48.2 Å². The maximum Gasteiger partial charge on any atom is 0.220 e. The molecule has 2 N–H and O–H groups in total. The molecule has 0 aliphatic carbocycles.